The molecule has 0 fully saturated rings. The number of carbonyl (C=O) groups is 1. The number of amides is 1. The fraction of sp³-hybridized carbons (Fsp3) is 0.188. The van der Waals surface area contributed by atoms with Gasteiger partial charge in [-0.3, -0.25) is 4.79 Å². The molecule has 2 nitrogen and oxygen atoms in total. The highest BCUT2D eigenvalue weighted by molar-refractivity contribution is 9.10. The maximum Gasteiger partial charge on any atom is 0.258 e. The van der Waals surface area contributed by atoms with E-state index in [0.717, 1.165) is 16.8 Å². The number of carbonyl (C=O) groups excluding carboxylic acids is 1. The lowest BCUT2D eigenvalue weighted by Gasteiger charge is -2.19. The Kier molecular flexibility index (Phi) is 4.23. The Morgan fingerprint density at radius 2 is 1.70 bits per heavy atom. The minimum atomic E-state index is -0.379. The van der Waals surface area contributed by atoms with Gasteiger partial charge < -0.3 is 4.90 Å². The van der Waals surface area contributed by atoms with Gasteiger partial charge in [0.2, 0.25) is 0 Å². The van der Waals surface area contributed by atoms with Gasteiger partial charge in [-0.25, -0.2) is 4.39 Å². The Balaban J connectivity index is 2.34. The van der Waals surface area contributed by atoms with Crippen molar-refractivity contribution in [2.45, 2.75) is 13.8 Å². The highest BCUT2D eigenvalue weighted by atomic mass is 79.9. The third kappa shape index (κ3) is 3.07. The van der Waals surface area contributed by atoms with Crippen LogP contribution >= 0.6 is 15.9 Å². The zero-order valence-electron chi connectivity index (χ0n) is 11.6. The highest BCUT2D eigenvalue weighted by Gasteiger charge is 2.15. The van der Waals surface area contributed by atoms with E-state index in [4.69, 9.17) is 0 Å². The lowest BCUT2D eigenvalue weighted by molar-refractivity contribution is 0.0993. The molecule has 104 valence electrons. The minimum Gasteiger partial charge on any atom is -0.311 e. The SMILES string of the molecule is Cc1cc(C)cc(N(C)C(=O)c2ccc(F)c(Br)c2)c1. The standard InChI is InChI=1S/C16H15BrFNO/c1-10-6-11(2)8-13(7-10)19(3)16(20)12-4-5-15(18)14(17)9-12/h4-9H,1-3H3. The van der Waals surface area contributed by atoms with Crippen LogP contribution in [0.1, 0.15) is 21.5 Å². The van der Waals surface area contributed by atoms with E-state index in [9.17, 15) is 9.18 Å². The molecule has 0 radical (unpaired) electrons. The maximum absolute atomic E-state index is 13.2. The topological polar surface area (TPSA) is 20.3 Å². The molecule has 2 aromatic carbocycles. The number of aryl methyl sites for hydroxylation is 2. The summed E-state index contributed by atoms with van der Waals surface area (Å²) in [5, 5.41) is 0. The predicted octanol–water partition coefficient (Wildman–Crippen LogP) is 4.48. The smallest absolute Gasteiger partial charge is 0.258 e. The van der Waals surface area contributed by atoms with E-state index in [2.05, 4.69) is 22.0 Å². The Hall–Kier alpha value is -1.68. The van der Waals surface area contributed by atoms with Crippen LogP contribution in [0.5, 0.6) is 0 Å². The first kappa shape index (κ1) is 14.7. The summed E-state index contributed by atoms with van der Waals surface area (Å²) < 4.78 is 13.5. The van der Waals surface area contributed by atoms with Crippen LogP contribution in [0.2, 0.25) is 0 Å². The van der Waals surface area contributed by atoms with Gasteiger partial charge in [-0.2, -0.15) is 0 Å². The molecule has 0 bridgehead atoms. The lowest BCUT2D eigenvalue weighted by Crippen LogP contribution is -2.26. The zero-order chi connectivity index (χ0) is 14.9. The molecular formula is C16H15BrFNO. The van der Waals surface area contributed by atoms with E-state index in [1.165, 1.54) is 18.2 Å². The second kappa shape index (κ2) is 5.75. The molecule has 0 N–H and O–H groups in total. The van der Waals surface area contributed by atoms with Crippen molar-refractivity contribution in [2.75, 3.05) is 11.9 Å². The largest absolute Gasteiger partial charge is 0.311 e. The maximum atomic E-state index is 13.2. The monoisotopic (exact) mass is 335 g/mol. The van der Waals surface area contributed by atoms with E-state index in [1.807, 2.05) is 26.0 Å². The second-order valence-corrected chi connectivity index (χ2v) is 5.69. The van der Waals surface area contributed by atoms with Crippen molar-refractivity contribution in [1.82, 2.24) is 0 Å². The van der Waals surface area contributed by atoms with Crippen molar-refractivity contribution in [3.8, 4) is 0 Å². The van der Waals surface area contributed by atoms with E-state index in [-0.39, 0.29) is 16.2 Å². The van der Waals surface area contributed by atoms with Crippen LogP contribution in [0.3, 0.4) is 0 Å². The van der Waals surface area contributed by atoms with Gasteiger partial charge in [0.1, 0.15) is 5.82 Å². The Labute approximate surface area is 126 Å². The molecule has 0 aliphatic rings. The molecule has 20 heavy (non-hydrogen) atoms. The van der Waals surface area contributed by atoms with Crippen LogP contribution in [0.4, 0.5) is 10.1 Å². The predicted molar refractivity (Wildman–Crippen MR) is 82.7 cm³/mol. The van der Waals surface area contributed by atoms with Crippen LogP contribution in [-0.4, -0.2) is 13.0 Å². The van der Waals surface area contributed by atoms with Crippen LogP contribution in [0, 0.1) is 19.7 Å². The van der Waals surface area contributed by atoms with Gasteiger partial charge in [-0.15, -0.1) is 0 Å². The Morgan fingerprint density at radius 1 is 1.10 bits per heavy atom. The van der Waals surface area contributed by atoms with Gasteiger partial charge in [0.05, 0.1) is 4.47 Å². The minimum absolute atomic E-state index is 0.171. The number of nitrogens with zero attached hydrogens (tertiary/aromatic N) is 1. The molecule has 0 unspecified atom stereocenters. The van der Waals surface area contributed by atoms with Gasteiger partial charge in [0.15, 0.2) is 0 Å². The summed E-state index contributed by atoms with van der Waals surface area (Å²) in [4.78, 5) is 14.0. The van der Waals surface area contributed by atoms with Crippen LogP contribution in [0.25, 0.3) is 0 Å². The molecule has 0 aliphatic heterocycles. The average molecular weight is 336 g/mol. The lowest BCUT2D eigenvalue weighted by atomic mass is 10.1. The molecule has 0 spiro atoms. The van der Waals surface area contributed by atoms with Crippen molar-refractivity contribution >= 4 is 27.5 Å². The average Bonchev–Trinajstić information content (AvgIpc) is 2.39. The van der Waals surface area contributed by atoms with Crippen molar-refractivity contribution < 1.29 is 9.18 Å². The summed E-state index contributed by atoms with van der Waals surface area (Å²) in [5.41, 5.74) is 3.47. The molecule has 0 atom stereocenters. The van der Waals surface area contributed by atoms with Gasteiger partial charge in [0, 0.05) is 18.3 Å². The first-order valence-corrected chi connectivity index (χ1v) is 6.99. The molecule has 4 heteroatoms. The van der Waals surface area contributed by atoms with E-state index in [1.54, 1.807) is 11.9 Å². The summed E-state index contributed by atoms with van der Waals surface area (Å²) in [6, 6.07) is 10.2. The summed E-state index contributed by atoms with van der Waals surface area (Å²) >= 11 is 3.10. The van der Waals surface area contributed by atoms with Crippen molar-refractivity contribution in [2.24, 2.45) is 0 Å². The normalized spacial score (nSPS) is 10.4. The second-order valence-electron chi connectivity index (χ2n) is 4.84. The van der Waals surface area contributed by atoms with Crippen LogP contribution in [-0.2, 0) is 0 Å². The van der Waals surface area contributed by atoms with Crippen molar-refractivity contribution in [3.63, 3.8) is 0 Å². The molecule has 1 amide bonds. The fourth-order valence-electron chi connectivity index (χ4n) is 2.08. The van der Waals surface area contributed by atoms with Gasteiger partial charge in [0.25, 0.3) is 5.91 Å². The first-order chi connectivity index (χ1) is 9.38. The number of benzene rings is 2. The molecule has 0 aromatic heterocycles. The highest BCUT2D eigenvalue weighted by Crippen LogP contribution is 2.22. The molecular weight excluding hydrogens is 321 g/mol. The van der Waals surface area contributed by atoms with E-state index < -0.39 is 0 Å². The van der Waals surface area contributed by atoms with E-state index >= 15 is 0 Å². The van der Waals surface area contributed by atoms with Crippen LogP contribution in [0.15, 0.2) is 40.9 Å². The van der Waals surface area contributed by atoms with Crippen molar-refractivity contribution in [3.05, 3.63) is 63.4 Å². The van der Waals surface area contributed by atoms with Gasteiger partial charge in [-0.05, 0) is 71.2 Å². The van der Waals surface area contributed by atoms with E-state index in [0.29, 0.717) is 5.56 Å². The van der Waals surface area contributed by atoms with Gasteiger partial charge >= 0.3 is 0 Å². The summed E-state index contributed by atoms with van der Waals surface area (Å²) in [5.74, 6) is -0.550. The summed E-state index contributed by atoms with van der Waals surface area (Å²) in [7, 11) is 1.72. The number of anilines is 1. The molecule has 0 heterocycles. The number of hydrogen-bond acceptors (Lipinski definition) is 1. The summed E-state index contributed by atoms with van der Waals surface area (Å²) in [6.07, 6.45) is 0. The first-order valence-electron chi connectivity index (χ1n) is 6.20. The Morgan fingerprint density at radius 3 is 2.25 bits per heavy atom. The number of halogens is 2. The number of rotatable bonds is 2. The third-order valence-corrected chi connectivity index (χ3v) is 3.67. The third-order valence-electron chi connectivity index (χ3n) is 3.06. The Bertz CT molecular complexity index is 649. The number of hydrogen-bond donors (Lipinski definition) is 0. The summed E-state index contributed by atoms with van der Waals surface area (Å²) in [6.45, 7) is 3.98. The quantitative estimate of drug-likeness (QED) is 0.792. The van der Waals surface area contributed by atoms with Crippen LogP contribution < -0.4 is 4.90 Å². The molecule has 2 aromatic rings. The molecule has 0 saturated carbocycles. The van der Waals surface area contributed by atoms with Crippen molar-refractivity contribution in [1.29, 1.82) is 0 Å². The fourth-order valence-corrected chi connectivity index (χ4v) is 2.46. The molecule has 0 saturated heterocycles. The molecule has 0 aliphatic carbocycles. The van der Waals surface area contributed by atoms with Gasteiger partial charge in [-0.1, -0.05) is 6.07 Å². The zero-order valence-corrected chi connectivity index (χ0v) is 13.2. The molecule has 2 rings (SSSR count).